The van der Waals surface area contributed by atoms with Crippen molar-refractivity contribution in [2.24, 2.45) is 0 Å². The molecule has 0 spiro atoms. The molecule has 1 atom stereocenters. The van der Waals surface area contributed by atoms with Gasteiger partial charge in [0, 0.05) is 10.7 Å². The zero-order valence-corrected chi connectivity index (χ0v) is 13.2. The van der Waals surface area contributed by atoms with Gasteiger partial charge in [-0.15, -0.1) is 0 Å². The number of halogens is 4. The minimum atomic E-state index is -0.962. The second kappa shape index (κ2) is 6.49. The van der Waals surface area contributed by atoms with Crippen LogP contribution in [0.5, 0.6) is 0 Å². The predicted molar refractivity (Wildman–Crippen MR) is 79.2 cm³/mol. The van der Waals surface area contributed by atoms with E-state index in [1.54, 1.807) is 6.92 Å². The third-order valence-corrected chi connectivity index (χ3v) is 3.58. The summed E-state index contributed by atoms with van der Waals surface area (Å²) in [5.41, 5.74) is 0.641. The molecule has 0 aliphatic rings. The second-order valence-electron chi connectivity index (χ2n) is 4.36. The van der Waals surface area contributed by atoms with E-state index in [-0.39, 0.29) is 10.7 Å². The zero-order valence-electron chi connectivity index (χ0n) is 10.8. The van der Waals surface area contributed by atoms with Crippen LogP contribution in [0.15, 0.2) is 34.9 Å². The van der Waals surface area contributed by atoms with Gasteiger partial charge in [-0.05, 0) is 46.6 Å². The maximum atomic E-state index is 13.2. The number of benzene rings is 1. The number of carbonyl (C=O) groups is 1. The molecule has 0 aliphatic heterocycles. The summed E-state index contributed by atoms with van der Waals surface area (Å²) in [6.45, 7) is 1.66. The number of aromatic nitrogens is 1. The first-order chi connectivity index (χ1) is 9.88. The van der Waals surface area contributed by atoms with Gasteiger partial charge in [-0.1, -0.05) is 17.7 Å². The van der Waals surface area contributed by atoms with Gasteiger partial charge in [-0.3, -0.25) is 4.79 Å². The molecule has 0 saturated heterocycles. The average Bonchev–Trinajstić information content (AvgIpc) is 2.44. The van der Waals surface area contributed by atoms with Gasteiger partial charge in [0.25, 0.3) is 5.91 Å². The molecular weight excluding hydrogens is 366 g/mol. The van der Waals surface area contributed by atoms with Crippen molar-refractivity contribution in [3.63, 3.8) is 0 Å². The number of nitrogens with zero attached hydrogens (tertiary/aromatic N) is 1. The molecule has 2 aromatic rings. The largest absolute Gasteiger partial charge is 0.345 e. The first kappa shape index (κ1) is 15.9. The molecule has 0 radical (unpaired) electrons. The number of hydrogen-bond acceptors (Lipinski definition) is 2. The molecule has 1 aromatic carbocycles. The number of amides is 1. The normalized spacial score (nSPS) is 12.0. The molecule has 1 unspecified atom stereocenters. The number of rotatable bonds is 3. The first-order valence-electron chi connectivity index (χ1n) is 5.95. The van der Waals surface area contributed by atoms with Crippen LogP contribution in [-0.4, -0.2) is 10.9 Å². The number of nitrogens with one attached hydrogen (secondary N) is 1. The third kappa shape index (κ3) is 3.77. The molecule has 1 heterocycles. The molecule has 7 heteroatoms. The molecule has 21 heavy (non-hydrogen) atoms. The van der Waals surface area contributed by atoms with E-state index in [2.05, 4.69) is 26.2 Å². The van der Waals surface area contributed by atoms with E-state index >= 15 is 0 Å². The fourth-order valence-corrected chi connectivity index (χ4v) is 2.24. The van der Waals surface area contributed by atoms with E-state index < -0.39 is 23.6 Å². The molecule has 1 amide bonds. The summed E-state index contributed by atoms with van der Waals surface area (Å²) in [7, 11) is 0. The zero-order chi connectivity index (χ0) is 15.6. The third-order valence-electron chi connectivity index (χ3n) is 2.84. The van der Waals surface area contributed by atoms with Crippen LogP contribution >= 0.6 is 27.5 Å². The smallest absolute Gasteiger partial charge is 0.254 e. The molecule has 0 aliphatic carbocycles. The highest BCUT2D eigenvalue weighted by Crippen LogP contribution is 2.20. The minimum Gasteiger partial charge on any atom is -0.345 e. The molecule has 3 nitrogen and oxygen atoms in total. The monoisotopic (exact) mass is 374 g/mol. The van der Waals surface area contributed by atoms with Crippen molar-refractivity contribution in [2.45, 2.75) is 13.0 Å². The van der Waals surface area contributed by atoms with Gasteiger partial charge in [0.05, 0.1) is 11.6 Å². The van der Waals surface area contributed by atoms with E-state index in [1.807, 2.05) is 0 Å². The van der Waals surface area contributed by atoms with Crippen molar-refractivity contribution in [2.75, 3.05) is 0 Å². The van der Waals surface area contributed by atoms with Gasteiger partial charge >= 0.3 is 0 Å². The topological polar surface area (TPSA) is 42.0 Å². The highest BCUT2D eigenvalue weighted by atomic mass is 79.9. The summed E-state index contributed by atoms with van der Waals surface area (Å²) in [4.78, 5) is 16.0. The Labute approximate surface area is 133 Å². The van der Waals surface area contributed by atoms with Gasteiger partial charge in [0.1, 0.15) is 5.15 Å². The standard InChI is InChI=1S/C14H10BrClF2N2O/c1-7(8-2-3-11(17)12(18)4-8)20-14(21)10-5-9(15)6-19-13(10)16/h2-7H,1H3,(H,20,21). The molecule has 0 saturated carbocycles. The maximum absolute atomic E-state index is 13.2. The summed E-state index contributed by atoms with van der Waals surface area (Å²) >= 11 is 9.07. The van der Waals surface area contributed by atoms with Crippen LogP contribution in [0, 0.1) is 11.6 Å². The van der Waals surface area contributed by atoms with Crippen LogP contribution in [0.25, 0.3) is 0 Å². The second-order valence-corrected chi connectivity index (χ2v) is 5.63. The molecule has 110 valence electrons. The highest BCUT2D eigenvalue weighted by Gasteiger charge is 2.16. The summed E-state index contributed by atoms with van der Waals surface area (Å²) < 4.78 is 26.7. The number of carbonyl (C=O) groups excluding carboxylic acids is 1. The van der Waals surface area contributed by atoms with Crippen LogP contribution in [0.1, 0.15) is 28.9 Å². The van der Waals surface area contributed by atoms with Crippen LogP contribution in [0.3, 0.4) is 0 Å². The molecular formula is C14H10BrClF2N2O. The summed E-state index contributed by atoms with van der Waals surface area (Å²) in [5.74, 6) is -2.35. The lowest BCUT2D eigenvalue weighted by atomic mass is 10.1. The van der Waals surface area contributed by atoms with Crippen LogP contribution < -0.4 is 5.32 Å². The lowest BCUT2D eigenvalue weighted by Crippen LogP contribution is -2.27. The van der Waals surface area contributed by atoms with Gasteiger partial charge in [-0.25, -0.2) is 13.8 Å². The van der Waals surface area contributed by atoms with Crippen molar-refractivity contribution < 1.29 is 13.6 Å². The summed E-state index contributed by atoms with van der Waals surface area (Å²) in [6.07, 6.45) is 1.47. The molecule has 1 aromatic heterocycles. The lowest BCUT2D eigenvalue weighted by Gasteiger charge is -2.15. The molecule has 0 fully saturated rings. The van der Waals surface area contributed by atoms with E-state index in [0.717, 1.165) is 12.1 Å². The average molecular weight is 376 g/mol. The van der Waals surface area contributed by atoms with Gasteiger partial charge < -0.3 is 5.32 Å². The van der Waals surface area contributed by atoms with Gasteiger partial charge in [-0.2, -0.15) is 0 Å². The highest BCUT2D eigenvalue weighted by molar-refractivity contribution is 9.10. The van der Waals surface area contributed by atoms with Crippen LogP contribution in [0.4, 0.5) is 8.78 Å². The Morgan fingerprint density at radius 1 is 1.33 bits per heavy atom. The fourth-order valence-electron chi connectivity index (χ4n) is 1.72. The fraction of sp³-hybridized carbons (Fsp3) is 0.143. The minimum absolute atomic E-state index is 0.0631. The maximum Gasteiger partial charge on any atom is 0.254 e. The van der Waals surface area contributed by atoms with Gasteiger partial charge in [0.15, 0.2) is 11.6 Å². The van der Waals surface area contributed by atoms with Crippen molar-refractivity contribution in [1.82, 2.24) is 10.3 Å². The Balaban J connectivity index is 2.18. The Bertz CT molecular complexity index is 697. The van der Waals surface area contributed by atoms with Crippen LogP contribution in [-0.2, 0) is 0 Å². The first-order valence-corrected chi connectivity index (χ1v) is 7.12. The van der Waals surface area contributed by atoms with Crippen LogP contribution in [0.2, 0.25) is 5.15 Å². The Hall–Kier alpha value is -1.53. The van der Waals surface area contributed by atoms with Gasteiger partial charge in [0.2, 0.25) is 0 Å². The molecule has 2 rings (SSSR count). The van der Waals surface area contributed by atoms with Crippen molar-refractivity contribution in [3.8, 4) is 0 Å². The lowest BCUT2D eigenvalue weighted by molar-refractivity contribution is 0.0939. The number of pyridine rings is 1. The summed E-state index contributed by atoms with van der Waals surface area (Å²) in [6, 6.07) is 4.48. The Kier molecular flexibility index (Phi) is 4.90. The Morgan fingerprint density at radius 2 is 2.05 bits per heavy atom. The quantitative estimate of drug-likeness (QED) is 0.814. The van der Waals surface area contributed by atoms with E-state index in [0.29, 0.717) is 10.0 Å². The van der Waals surface area contributed by atoms with Crippen molar-refractivity contribution in [1.29, 1.82) is 0 Å². The van der Waals surface area contributed by atoms with Crippen molar-refractivity contribution in [3.05, 3.63) is 62.8 Å². The summed E-state index contributed by atoms with van der Waals surface area (Å²) in [5, 5.41) is 2.72. The molecule has 1 N–H and O–H groups in total. The van der Waals surface area contributed by atoms with E-state index in [4.69, 9.17) is 11.6 Å². The van der Waals surface area contributed by atoms with Crippen molar-refractivity contribution >= 4 is 33.4 Å². The van der Waals surface area contributed by atoms with E-state index in [9.17, 15) is 13.6 Å². The number of hydrogen-bond donors (Lipinski definition) is 1. The SMILES string of the molecule is CC(NC(=O)c1cc(Br)cnc1Cl)c1ccc(F)c(F)c1. The van der Waals surface area contributed by atoms with E-state index in [1.165, 1.54) is 18.3 Å². The Morgan fingerprint density at radius 3 is 2.71 bits per heavy atom. The predicted octanol–water partition coefficient (Wildman–Crippen LogP) is 4.27. The molecule has 0 bridgehead atoms.